The number of nitrogens with zero attached hydrogens (tertiary/aromatic N) is 1. The molecular weight excluding hydrogens is 388 g/mol. The van der Waals surface area contributed by atoms with E-state index >= 15 is 0 Å². The molecule has 1 aliphatic heterocycles. The summed E-state index contributed by atoms with van der Waals surface area (Å²) in [6.07, 6.45) is 1.72. The van der Waals surface area contributed by atoms with Crippen LogP contribution in [0.25, 0.3) is 0 Å². The molecule has 1 aromatic rings. The Bertz CT molecular complexity index is 717. The summed E-state index contributed by atoms with van der Waals surface area (Å²) in [5.74, 6) is -0.163. The van der Waals surface area contributed by atoms with Crippen molar-refractivity contribution in [3.8, 4) is 0 Å². The number of sulfonamides is 1. The van der Waals surface area contributed by atoms with Gasteiger partial charge in [0.1, 0.15) is 0 Å². The van der Waals surface area contributed by atoms with Crippen molar-refractivity contribution in [1.82, 2.24) is 9.62 Å². The smallest absolute Gasteiger partial charge is 0.243 e. The van der Waals surface area contributed by atoms with E-state index in [1.807, 2.05) is 13.8 Å². The minimum absolute atomic E-state index is 0. The van der Waals surface area contributed by atoms with Gasteiger partial charge in [0.2, 0.25) is 15.9 Å². The zero-order valence-electron chi connectivity index (χ0n) is 16.2. The summed E-state index contributed by atoms with van der Waals surface area (Å²) in [6, 6.07) is 4.89. The molecule has 0 spiro atoms. The lowest BCUT2D eigenvalue weighted by Crippen LogP contribution is -2.31. The molecule has 0 bridgehead atoms. The first-order chi connectivity index (χ1) is 12.4. The summed E-state index contributed by atoms with van der Waals surface area (Å²) in [5, 5.41) is 9.36. The van der Waals surface area contributed by atoms with Gasteiger partial charge in [-0.05, 0) is 37.6 Å². The normalized spacial score (nSPS) is 16.8. The Hall–Kier alpha value is -1.35. The van der Waals surface area contributed by atoms with Crippen LogP contribution >= 0.6 is 12.4 Å². The van der Waals surface area contributed by atoms with Crippen molar-refractivity contribution in [2.24, 2.45) is 5.92 Å². The molecule has 0 aromatic heterocycles. The van der Waals surface area contributed by atoms with Gasteiger partial charge in [0, 0.05) is 26.2 Å². The second-order valence-electron chi connectivity index (χ2n) is 6.40. The van der Waals surface area contributed by atoms with Crippen molar-refractivity contribution in [3.63, 3.8) is 0 Å². The molecule has 1 fully saturated rings. The van der Waals surface area contributed by atoms with E-state index in [1.165, 1.54) is 4.31 Å². The molecule has 3 N–H and O–H groups in total. The minimum atomic E-state index is -3.57. The van der Waals surface area contributed by atoms with Crippen molar-refractivity contribution in [2.45, 2.75) is 38.5 Å². The van der Waals surface area contributed by atoms with E-state index < -0.39 is 10.0 Å². The highest BCUT2D eigenvalue weighted by molar-refractivity contribution is 7.89. The summed E-state index contributed by atoms with van der Waals surface area (Å²) >= 11 is 0. The van der Waals surface area contributed by atoms with Crippen LogP contribution in [0.1, 0.15) is 33.6 Å². The lowest BCUT2D eigenvalue weighted by molar-refractivity contribution is -0.119. The Morgan fingerprint density at radius 2 is 1.93 bits per heavy atom. The Kier molecular flexibility index (Phi) is 9.52. The van der Waals surface area contributed by atoms with E-state index in [1.54, 1.807) is 18.2 Å². The van der Waals surface area contributed by atoms with Crippen LogP contribution in [0.15, 0.2) is 23.1 Å². The second kappa shape index (κ2) is 10.8. The van der Waals surface area contributed by atoms with Crippen molar-refractivity contribution in [3.05, 3.63) is 18.2 Å². The number of hydrogen-bond donors (Lipinski definition) is 3. The van der Waals surface area contributed by atoms with Gasteiger partial charge in [-0.25, -0.2) is 8.42 Å². The number of nitrogens with one attached hydrogen (secondary N) is 3. The van der Waals surface area contributed by atoms with Crippen LogP contribution in [-0.4, -0.2) is 51.4 Å². The highest BCUT2D eigenvalue weighted by Crippen LogP contribution is 2.28. The molecule has 1 heterocycles. The van der Waals surface area contributed by atoms with Gasteiger partial charge >= 0.3 is 0 Å². The summed E-state index contributed by atoms with van der Waals surface area (Å²) < 4.78 is 27.0. The third-order valence-corrected chi connectivity index (χ3v) is 6.63. The van der Waals surface area contributed by atoms with Gasteiger partial charge in [0.15, 0.2) is 0 Å². The Labute approximate surface area is 168 Å². The van der Waals surface area contributed by atoms with Gasteiger partial charge < -0.3 is 16.0 Å². The predicted molar refractivity (Wildman–Crippen MR) is 112 cm³/mol. The van der Waals surface area contributed by atoms with E-state index in [9.17, 15) is 13.2 Å². The van der Waals surface area contributed by atoms with E-state index in [2.05, 4.69) is 22.9 Å². The fraction of sp³-hybridized carbons (Fsp3) is 0.611. The number of anilines is 2. The molecule has 9 heteroatoms. The zero-order chi connectivity index (χ0) is 19.2. The first-order valence-electron chi connectivity index (χ1n) is 9.33. The predicted octanol–water partition coefficient (Wildman–Crippen LogP) is 2.51. The number of benzene rings is 1. The largest absolute Gasteiger partial charge is 0.383 e. The molecule has 1 saturated heterocycles. The molecule has 2 rings (SSSR count). The Morgan fingerprint density at radius 3 is 2.48 bits per heavy atom. The second-order valence-corrected chi connectivity index (χ2v) is 8.34. The molecule has 1 atom stereocenters. The van der Waals surface area contributed by atoms with Gasteiger partial charge in [0.25, 0.3) is 0 Å². The molecule has 1 unspecified atom stereocenters. The maximum Gasteiger partial charge on any atom is 0.243 e. The van der Waals surface area contributed by atoms with Crippen LogP contribution in [0.5, 0.6) is 0 Å². The maximum atomic E-state index is 12.8. The summed E-state index contributed by atoms with van der Waals surface area (Å²) in [5.41, 5.74) is 1.26. The molecule has 1 amide bonds. The highest BCUT2D eigenvalue weighted by Gasteiger charge is 2.25. The van der Waals surface area contributed by atoms with Gasteiger partial charge in [-0.3, -0.25) is 4.79 Å². The fourth-order valence-electron chi connectivity index (χ4n) is 3.03. The van der Waals surface area contributed by atoms with Crippen LogP contribution in [0, 0.1) is 5.92 Å². The van der Waals surface area contributed by atoms with Crippen LogP contribution < -0.4 is 16.0 Å². The third kappa shape index (κ3) is 5.81. The number of carbonyl (C=O) groups is 1. The number of hydrogen-bond acceptors (Lipinski definition) is 5. The summed E-state index contributed by atoms with van der Waals surface area (Å²) in [6.45, 7) is 8.72. The molecule has 7 nitrogen and oxygen atoms in total. The molecule has 0 aliphatic carbocycles. The van der Waals surface area contributed by atoms with E-state index in [-0.39, 0.29) is 29.1 Å². The molecule has 0 saturated carbocycles. The van der Waals surface area contributed by atoms with Gasteiger partial charge in [-0.2, -0.15) is 4.31 Å². The first kappa shape index (κ1) is 23.7. The van der Waals surface area contributed by atoms with Crippen LogP contribution in [0.2, 0.25) is 0 Å². The van der Waals surface area contributed by atoms with Crippen LogP contribution in [0.3, 0.4) is 0 Å². The van der Waals surface area contributed by atoms with Crippen LogP contribution in [-0.2, 0) is 14.8 Å². The zero-order valence-corrected chi connectivity index (χ0v) is 17.9. The first-order valence-corrected chi connectivity index (χ1v) is 10.8. The highest BCUT2D eigenvalue weighted by atomic mass is 35.5. The van der Waals surface area contributed by atoms with E-state index in [4.69, 9.17) is 0 Å². The minimum Gasteiger partial charge on any atom is -0.383 e. The van der Waals surface area contributed by atoms with Crippen LogP contribution in [0.4, 0.5) is 11.4 Å². The maximum absolute atomic E-state index is 12.8. The lowest BCUT2D eigenvalue weighted by atomic mass is 10.1. The lowest BCUT2D eigenvalue weighted by Gasteiger charge is -2.20. The summed E-state index contributed by atoms with van der Waals surface area (Å²) in [7, 11) is -3.57. The fourth-order valence-corrected chi connectivity index (χ4v) is 4.51. The van der Waals surface area contributed by atoms with Gasteiger partial charge in [-0.15, -0.1) is 12.4 Å². The topological polar surface area (TPSA) is 90.5 Å². The quantitative estimate of drug-likeness (QED) is 0.573. The standard InChI is InChI=1S/C18H30N4O3S.ClH/c1-4-10-20-16-8-7-15(26(24,25)22(5-2)6-3)12-17(16)21-18(23)14-9-11-19-13-14;/h7-8,12,14,19-20H,4-6,9-11,13H2,1-3H3,(H,21,23);1H. The number of carbonyl (C=O) groups excluding carboxylic acids is 1. The molecule has 154 valence electrons. The van der Waals surface area contributed by atoms with Gasteiger partial charge in [0.05, 0.1) is 22.2 Å². The molecule has 0 radical (unpaired) electrons. The summed E-state index contributed by atoms with van der Waals surface area (Å²) in [4.78, 5) is 12.7. The van der Waals surface area contributed by atoms with Crippen molar-refractivity contribution >= 4 is 39.7 Å². The number of halogens is 1. The van der Waals surface area contributed by atoms with Crippen molar-refractivity contribution in [2.75, 3.05) is 43.4 Å². The molecular formula is C18H31ClN4O3S. The number of rotatable bonds is 9. The monoisotopic (exact) mass is 418 g/mol. The Morgan fingerprint density at radius 1 is 1.22 bits per heavy atom. The van der Waals surface area contributed by atoms with Crippen molar-refractivity contribution < 1.29 is 13.2 Å². The third-order valence-electron chi connectivity index (χ3n) is 4.59. The molecule has 1 aromatic carbocycles. The average Bonchev–Trinajstić information content (AvgIpc) is 3.16. The Balaban J connectivity index is 0.00000364. The van der Waals surface area contributed by atoms with E-state index in [0.29, 0.717) is 25.3 Å². The SMILES string of the molecule is CCCNc1ccc(S(=O)(=O)N(CC)CC)cc1NC(=O)C1CCNC1.Cl. The van der Waals surface area contributed by atoms with Gasteiger partial charge in [-0.1, -0.05) is 20.8 Å². The average molecular weight is 419 g/mol. The molecule has 1 aliphatic rings. The van der Waals surface area contributed by atoms with E-state index in [0.717, 1.165) is 31.6 Å². The van der Waals surface area contributed by atoms with Crippen molar-refractivity contribution in [1.29, 1.82) is 0 Å². The number of amides is 1. The molecule has 27 heavy (non-hydrogen) atoms.